The van der Waals surface area contributed by atoms with Crippen LogP contribution in [0.25, 0.3) is 0 Å². The van der Waals surface area contributed by atoms with E-state index in [-0.39, 0.29) is 0 Å². The van der Waals surface area contributed by atoms with E-state index < -0.39 is 0 Å². The summed E-state index contributed by atoms with van der Waals surface area (Å²) in [5, 5.41) is 0. The van der Waals surface area contributed by atoms with Crippen molar-refractivity contribution in [3.05, 3.63) is 18.1 Å². The van der Waals surface area contributed by atoms with Crippen LogP contribution in [-0.4, -0.2) is 33.9 Å². The molecule has 0 aromatic carbocycles. The van der Waals surface area contributed by atoms with E-state index in [1.165, 1.54) is 25.7 Å². The third-order valence-corrected chi connectivity index (χ3v) is 5.10. The summed E-state index contributed by atoms with van der Waals surface area (Å²) in [4.78, 5) is 23.0. The Labute approximate surface area is 132 Å². The van der Waals surface area contributed by atoms with Crippen molar-refractivity contribution in [1.29, 1.82) is 0 Å². The number of rotatable bonds is 4. The summed E-state index contributed by atoms with van der Waals surface area (Å²) in [6, 6.07) is 0. The van der Waals surface area contributed by atoms with Gasteiger partial charge in [0.05, 0.1) is 5.69 Å². The predicted molar refractivity (Wildman–Crippen MR) is 86.0 cm³/mol. The molecule has 2 fully saturated rings. The first-order chi connectivity index (χ1) is 10.7. The van der Waals surface area contributed by atoms with E-state index in [0.717, 1.165) is 44.5 Å². The number of nitrogen functional groups attached to an aromatic ring is 1. The van der Waals surface area contributed by atoms with Crippen molar-refractivity contribution in [2.45, 2.75) is 51.4 Å². The first kappa shape index (κ1) is 15.3. The molecule has 1 unspecified atom stereocenters. The first-order valence-corrected chi connectivity index (χ1v) is 8.55. The van der Waals surface area contributed by atoms with E-state index in [9.17, 15) is 4.79 Å². The molecule has 1 amide bonds. The minimum absolute atomic E-state index is 0.351. The lowest BCUT2D eigenvalue weighted by molar-refractivity contribution is -0.134. The number of carbonyl (C=O) groups is 1. The second-order valence-corrected chi connectivity index (χ2v) is 6.80. The summed E-state index contributed by atoms with van der Waals surface area (Å²) < 4.78 is 0. The van der Waals surface area contributed by atoms with Gasteiger partial charge in [-0.2, -0.15) is 0 Å². The number of piperidine rings is 1. The summed E-state index contributed by atoms with van der Waals surface area (Å²) in [5.41, 5.74) is 6.76. The molecule has 2 N–H and O–H groups in total. The first-order valence-electron chi connectivity index (χ1n) is 8.55. The van der Waals surface area contributed by atoms with Crippen LogP contribution in [0.1, 0.15) is 50.6 Å². The highest BCUT2D eigenvalue weighted by Crippen LogP contribution is 2.29. The van der Waals surface area contributed by atoms with E-state index >= 15 is 0 Å². The van der Waals surface area contributed by atoms with Crippen molar-refractivity contribution in [2.24, 2.45) is 11.8 Å². The van der Waals surface area contributed by atoms with Crippen LogP contribution in [0.15, 0.2) is 12.4 Å². The molecule has 1 aliphatic carbocycles. The van der Waals surface area contributed by atoms with Crippen molar-refractivity contribution in [3.63, 3.8) is 0 Å². The maximum absolute atomic E-state index is 12.5. The predicted octanol–water partition coefficient (Wildman–Crippen LogP) is 2.42. The van der Waals surface area contributed by atoms with E-state index in [1.807, 2.05) is 0 Å². The zero-order chi connectivity index (χ0) is 15.4. The molecule has 2 heterocycles. The average molecular weight is 302 g/mol. The molecule has 3 rings (SSSR count). The molecule has 22 heavy (non-hydrogen) atoms. The van der Waals surface area contributed by atoms with Gasteiger partial charge in [-0.05, 0) is 43.9 Å². The van der Waals surface area contributed by atoms with Crippen molar-refractivity contribution < 1.29 is 4.79 Å². The topological polar surface area (TPSA) is 72.1 Å². The molecular weight excluding hydrogens is 276 g/mol. The molecule has 0 radical (unpaired) electrons. The van der Waals surface area contributed by atoms with E-state index in [1.54, 1.807) is 12.4 Å². The largest absolute Gasteiger partial charge is 0.382 e. The molecule has 1 aliphatic heterocycles. The number of nitrogens with two attached hydrogens (primary N) is 1. The lowest BCUT2D eigenvalue weighted by atomic mass is 9.92. The Morgan fingerprint density at radius 1 is 1.14 bits per heavy atom. The van der Waals surface area contributed by atoms with Gasteiger partial charge in [-0.25, -0.2) is 4.98 Å². The van der Waals surface area contributed by atoms with Crippen LogP contribution in [0.2, 0.25) is 0 Å². The van der Waals surface area contributed by atoms with Gasteiger partial charge in [0.2, 0.25) is 5.91 Å². The molecule has 1 atom stereocenters. The van der Waals surface area contributed by atoms with Crippen molar-refractivity contribution in [1.82, 2.24) is 14.9 Å². The number of amides is 1. The molecular formula is C17H26N4O. The van der Waals surface area contributed by atoms with Crippen molar-refractivity contribution in [3.8, 4) is 0 Å². The smallest absolute Gasteiger partial charge is 0.222 e. The quantitative estimate of drug-likeness (QED) is 0.927. The maximum Gasteiger partial charge on any atom is 0.222 e. The van der Waals surface area contributed by atoms with Crippen LogP contribution in [-0.2, 0) is 11.2 Å². The minimum Gasteiger partial charge on any atom is -0.382 e. The summed E-state index contributed by atoms with van der Waals surface area (Å²) in [5.74, 6) is 1.96. The van der Waals surface area contributed by atoms with Gasteiger partial charge in [-0.3, -0.25) is 9.78 Å². The fraction of sp³-hybridized carbons (Fsp3) is 0.706. The van der Waals surface area contributed by atoms with Gasteiger partial charge >= 0.3 is 0 Å². The van der Waals surface area contributed by atoms with Crippen LogP contribution in [0.5, 0.6) is 0 Å². The number of anilines is 1. The monoisotopic (exact) mass is 302 g/mol. The number of nitrogens with zero attached hydrogens (tertiary/aromatic N) is 3. The maximum atomic E-state index is 12.5. The third-order valence-electron chi connectivity index (χ3n) is 5.10. The highest BCUT2D eigenvalue weighted by molar-refractivity contribution is 5.76. The van der Waals surface area contributed by atoms with Crippen LogP contribution >= 0.6 is 0 Å². The second kappa shape index (κ2) is 7.07. The van der Waals surface area contributed by atoms with Gasteiger partial charge in [0.15, 0.2) is 0 Å². The van der Waals surface area contributed by atoms with Gasteiger partial charge in [0, 0.05) is 31.9 Å². The number of carbonyl (C=O) groups excluding carboxylic acids is 1. The molecule has 120 valence electrons. The molecule has 1 saturated heterocycles. The Morgan fingerprint density at radius 2 is 1.86 bits per heavy atom. The molecule has 0 bridgehead atoms. The third kappa shape index (κ3) is 3.76. The number of hydrogen-bond acceptors (Lipinski definition) is 4. The van der Waals surface area contributed by atoms with Crippen LogP contribution in [0.4, 0.5) is 5.82 Å². The highest BCUT2D eigenvalue weighted by Gasteiger charge is 2.27. The summed E-state index contributed by atoms with van der Waals surface area (Å²) >= 11 is 0. The lowest BCUT2D eigenvalue weighted by Crippen LogP contribution is -2.41. The Kier molecular flexibility index (Phi) is 4.90. The molecule has 5 heteroatoms. The minimum atomic E-state index is 0.351. The normalized spacial score (nSPS) is 22.9. The van der Waals surface area contributed by atoms with E-state index in [0.29, 0.717) is 23.6 Å². The average Bonchev–Trinajstić information content (AvgIpc) is 3.03. The van der Waals surface area contributed by atoms with E-state index in [2.05, 4.69) is 14.9 Å². The van der Waals surface area contributed by atoms with Gasteiger partial charge in [0.25, 0.3) is 0 Å². The van der Waals surface area contributed by atoms with Gasteiger partial charge in [-0.1, -0.05) is 12.8 Å². The van der Waals surface area contributed by atoms with Crippen LogP contribution in [0.3, 0.4) is 0 Å². The van der Waals surface area contributed by atoms with Crippen molar-refractivity contribution >= 4 is 11.7 Å². The fourth-order valence-electron chi connectivity index (χ4n) is 3.86. The SMILES string of the molecule is Nc1nccnc1CC1CCCN(C(=O)CC2CCCC2)C1. The van der Waals surface area contributed by atoms with E-state index in [4.69, 9.17) is 5.73 Å². The standard InChI is InChI=1S/C17H26N4O/c18-17-15(19-7-8-20-17)10-14-6-3-9-21(12-14)16(22)11-13-4-1-2-5-13/h7-8,13-14H,1-6,9-12H2,(H2,18,20). The summed E-state index contributed by atoms with van der Waals surface area (Å²) in [7, 11) is 0. The molecule has 2 aliphatic rings. The number of hydrogen-bond donors (Lipinski definition) is 1. The van der Waals surface area contributed by atoms with Crippen LogP contribution in [0, 0.1) is 11.8 Å². The van der Waals surface area contributed by atoms with Gasteiger partial charge < -0.3 is 10.6 Å². The molecule has 1 saturated carbocycles. The molecule has 0 spiro atoms. The summed E-state index contributed by atoms with van der Waals surface area (Å²) in [6.07, 6.45) is 12.2. The van der Waals surface area contributed by atoms with Crippen molar-refractivity contribution in [2.75, 3.05) is 18.8 Å². The molecule has 5 nitrogen and oxygen atoms in total. The highest BCUT2D eigenvalue weighted by atomic mass is 16.2. The number of aromatic nitrogens is 2. The zero-order valence-corrected chi connectivity index (χ0v) is 13.2. The summed E-state index contributed by atoms with van der Waals surface area (Å²) in [6.45, 7) is 1.76. The zero-order valence-electron chi connectivity index (χ0n) is 13.2. The second-order valence-electron chi connectivity index (χ2n) is 6.80. The number of likely N-dealkylation sites (tertiary alicyclic amines) is 1. The Balaban J connectivity index is 1.54. The Morgan fingerprint density at radius 3 is 2.64 bits per heavy atom. The van der Waals surface area contributed by atoms with Gasteiger partial charge in [0.1, 0.15) is 5.82 Å². The van der Waals surface area contributed by atoms with Crippen LogP contribution < -0.4 is 5.73 Å². The van der Waals surface area contributed by atoms with Gasteiger partial charge in [-0.15, -0.1) is 0 Å². The lowest BCUT2D eigenvalue weighted by Gasteiger charge is -2.33. The Bertz CT molecular complexity index is 513. The molecule has 1 aromatic rings. The fourth-order valence-corrected chi connectivity index (χ4v) is 3.86. The Hall–Kier alpha value is -1.65. The molecule has 1 aromatic heterocycles.